The van der Waals surface area contributed by atoms with Gasteiger partial charge in [-0.2, -0.15) is 5.26 Å². The van der Waals surface area contributed by atoms with Crippen LogP contribution in [0.3, 0.4) is 0 Å². The molecule has 1 aromatic rings. The van der Waals surface area contributed by atoms with E-state index >= 15 is 0 Å². The molecule has 0 saturated heterocycles. The number of carbonyl (C=O) groups excluding carboxylic acids is 2. The quantitative estimate of drug-likeness (QED) is 0.653. The van der Waals surface area contributed by atoms with Crippen LogP contribution in [0.1, 0.15) is 63.5 Å². The smallest absolute Gasteiger partial charge is 0.226 e. The van der Waals surface area contributed by atoms with Gasteiger partial charge in [0.15, 0.2) is 5.78 Å². The number of rotatable bonds is 4. The number of nitriles is 1. The van der Waals surface area contributed by atoms with Gasteiger partial charge in [-0.15, -0.1) is 0 Å². The highest BCUT2D eigenvalue weighted by Crippen LogP contribution is 2.57. The maximum absolute atomic E-state index is 13.3. The zero-order valence-electron chi connectivity index (χ0n) is 18.9. The maximum Gasteiger partial charge on any atom is 0.226 e. The summed E-state index contributed by atoms with van der Waals surface area (Å²) in [6, 6.07) is 10.6. The van der Waals surface area contributed by atoms with Crippen LogP contribution in [0.25, 0.3) is 0 Å². The van der Waals surface area contributed by atoms with Crippen molar-refractivity contribution in [3.63, 3.8) is 0 Å². The number of benzene rings is 1. The predicted octanol–water partition coefficient (Wildman–Crippen LogP) is 5.48. The average Bonchev–Trinajstić information content (AvgIpc) is 2.84. The molecule has 4 atom stereocenters. The normalized spacial score (nSPS) is 30.5. The SMILES string of the molecule is CC1=CC(=O)[C@H]2[C@@H](CCC3=CN(Cc4cccc(C)c4)C(=O)CC[C@@]32C)[C@@H]1CCC#N. The van der Waals surface area contributed by atoms with Crippen molar-refractivity contribution in [2.45, 2.75) is 65.8 Å². The van der Waals surface area contributed by atoms with Crippen molar-refractivity contribution in [1.29, 1.82) is 5.26 Å². The molecule has 1 amide bonds. The molecule has 2 aliphatic carbocycles. The lowest BCUT2D eigenvalue weighted by Crippen LogP contribution is -2.48. The molecule has 0 spiro atoms. The molecule has 1 aromatic carbocycles. The van der Waals surface area contributed by atoms with E-state index in [0.29, 0.717) is 31.7 Å². The summed E-state index contributed by atoms with van der Waals surface area (Å²) in [6.07, 6.45) is 8.28. The highest BCUT2D eigenvalue weighted by molar-refractivity contribution is 5.95. The van der Waals surface area contributed by atoms with Gasteiger partial charge in [0, 0.05) is 30.4 Å². The first kappa shape index (κ1) is 21.6. The lowest BCUT2D eigenvalue weighted by molar-refractivity contribution is -0.131. The van der Waals surface area contributed by atoms with Gasteiger partial charge < -0.3 is 4.90 Å². The molecule has 1 aliphatic heterocycles. The molecule has 4 heteroatoms. The first-order valence-corrected chi connectivity index (χ1v) is 11.5. The van der Waals surface area contributed by atoms with Crippen LogP contribution in [-0.2, 0) is 16.1 Å². The third-order valence-electron chi connectivity index (χ3n) is 7.87. The molecule has 1 heterocycles. The second kappa shape index (κ2) is 8.46. The topological polar surface area (TPSA) is 61.2 Å². The van der Waals surface area contributed by atoms with Crippen molar-refractivity contribution < 1.29 is 9.59 Å². The standard InChI is InChI=1S/C27H32N2O2/c1-18-6-4-7-20(14-18)16-29-17-21-9-10-23-22(8-5-13-28)19(2)15-24(30)26(23)27(21,3)12-11-25(29)31/h4,6-7,14-15,17,22-23,26H,5,8-12,16H2,1-3H3/t22-,23+,26-,27+/m1/s1. The Labute approximate surface area is 185 Å². The number of aryl methyl sites for hydroxylation is 1. The molecule has 31 heavy (non-hydrogen) atoms. The second-order valence-corrected chi connectivity index (χ2v) is 9.86. The average molecular weight is 417 g/mol. The Kier molecular flexibility index (Phi) is 5.88. The largest absolute Gasteiger partial charge is 0.315 e. The molecule has 0 aromatic heterocycles. The number of amides is 1. The highest BCUT2D eigenvalue weighted by atomic mass is 16.2. The van der Waals surface area contributed by atoms with Crippen LogP contribution in [0, 0.1) is 41.4 Å². The number of nitrogens with zero attached hydrogens (tertiary/aromatic N) is 2. The number of hydrogen-bond donors (Lipinski definition) is 0. The third kappa shape index (κ3) is 3.99. The molecule has 0 bridgehead atoms. The number of fused-ring (bicyclic) bond motifs is 3. The monoisotopic (exact) mass is 416 g/mol. The molecule has 0 unspecified atom stereocenters. The fraction of sp³-hybridized carbons (Fsp3) is 0.519. The highest BCUT2D eigenvalue weighted by Gasteiger charge is 2.53. The molecule has 0 N–H and O–H groups in total. The van der Waals surface area contributed by atoms with E-state index in [1.54, 1.807) is 0 Å². The summed E-state index contributed by atoms with van der Waals surface area (Å²) in [7, 11) is 0. The van der Waals surface area contributed by atoms with E-state index in [0.717, 1.165) is 30.4 Å². The first-order valence-electron chi connectivity index (χ1n) is 11.5. The molecule has 1 saturated carbocycles. The van der Waals surface area contributed by atoms with Gasteiger partial charge in [-0.3, -0.25) is 9.59 Å². The van der Waals surface area contributed by atoms with Gasteiger partial charge in [0.2, 0.25) is 5.91 Å². The van der Waals surface area contributed by atoms with Crippen LogP contribution < -0.4 is 0 Å². The number of carbonyl (C=O) groups is 2. The van der Waals surface area contributed by atoms with E-state index in [-0.39, 0.29) is 28.9 Å². The van der Waals surface area contributed by atoms with Crippen LogP contribution in [0.5, 0.6) is 0 Å². The summed E-state index contributed by atoms with van der Waals surface area (Å²) in [5.74, 6) is 0.821. The number of allylic oxidation sites excluding steroid dienone is 3. The number of hydrogen-bond acceptors (Lipinski definition) is 3. The molecule has 162 valence electrons. The lowest BCUT2D eigenvalue weighted by atomic mass is 9.52. The van der Waals surface area contributed by atoms with Crippen molar-refractivity contribution in [2.75, 3.05) is 0 Å². The Morgan fingerprint density at radius 1 is 1.23 bits per heavy atom. The minimum Gasteiger partial charge on any atom is -0.315 e. The Hall–Kier alpha value is -2.67. The van der Waals surface area contributed by atoms with E-state index in [1.165, 1.54) is 11.1 Å². The van der Waals surface area contributed by atoms with Gasteiger partial charge in [-0.25, -0.2) is 0 Å². The molecule has 4 rings (SSSR count). The van der Waals surface area contributed by atoms with Crippen molar-refractivity contribution in [2.24, 2.45) is 23.2 Å². The zero-order chi connectivity index (χ0) is 22.2. The molecule has 0 radical (unpaired) electrons. The van der Waals surface area contributed by atoms with Crippen molar-refractivity contribution >= 4 is 11.7 Å². The summed E-state index contributed by atoms with van der Waals surface area (Å²) < 4.78 is 0. The van der Waals surface area contributed by atoms with E-state index in [2.05, 4.69) is 44.3 Å². The molecular formula is C27H32N2O2. The van der Waals surface area contributed by atoms with Gasteiger partial charge >= 0.3 is 0 Å². The summed E-state index contributed by atoms with van der Waals surface area (Å²) in [5.41, 5.74) is 4.40. The summed E-state index contributed by atoms with van der Waals surface area (Å²) >= 11 is 0. The Morgan fingerprint density at radius 2 is 2.03 bits per heavy atom. The van der Waals surface area contributed by atoms with Crippen LogP contribution in [0.2, 0.25) is 0 Å². The molecule has 3 aliphatic rings. The van der Waals surface area contributed by atoms with E-state index in [1.807, 2.05) is 24.0 Å². The van der Waals surface area contributed by atoms with Crippen LogP contribution in [0.4, 0.5) is 0 Å². The van der Waals surface area contributed by atoms with Crippen LogP contribution in [0.15, 0.2) is 47.7 Å². The fourth-order valence-corrected chi connectivity index (χ4v) is 6.27. The molecule has 4 nitrogen and oxygen atoms in total. The lowest BCUT2D eigenvalue weighted by Gasteiger charge is -2.51. The maximum atomic E-state index is 13.3. The van der Waals surface area contributed by atoms with Crippen LogP contribution >= 0.6 is 0 Å². The Bertz CT molecular complexity index is 999. The van der Waals surface area contributed by atoms with Gasteiger partial charge in [-0.1, -0.05) is 42.3 Å². The van der Waals surface area contributed by atoms with Crippen molar-refractivity contribution in [3.8, 4) is 6.07 Å². The van der Waals surface area contributed by atoms with Gasteiger partial charge in [0.05, 0.1) is 12.6 Å². The summed E-state index contributed by atoms with van der Waals surface area (Å²) in [5, 5.41) is 9.11. The predicted molar refractivity (Wildman–Crippen MR) is 120 cm³/mol. The minimum absolute atomic E-state index is 0.0911. The molecule has 1 fully saturated rings. The summed E-state index contributed by atoms with van der Waals surface area (Å²) in [4.78, 5) is 28.2. The van der Waals surface area contributed by atoms with E-state index in [4.69, 9.17) is 5.26 Å². The second-order valence-electron chi connectivity index (χ2n) is 9.86. The van der Waals surface area contributed by atoms with E-state index < -0.39 is 0 Å². The van der Waals surface area contributed by atoms with Gasteiger partial charge in [-0.05, 0) is 68.6 Å². The number of ketones is 1. The molecular weight excluding hydrogens is 384 g/mol. The van der Waals surface area contributed by atoms with E-state index in [9.17, 15) is 9.59 Å². The fourth-order valence-electron chi connectivity index (χ4n) is 6.27. The minimum atomic E-state index is -0.293. The first-order chi connectivity index (χ1) is 14.8. The Balaban J connectivity index is 1.66. The van der Waals surface area contributed by atoms with Crippen LogP contribution in [-0.4, -0.2) is 16.6 Å². The van der Waals surface area contributed by atoms with Crippen molar-refractivity contribution in [3.05, 3.63) is 58.8 Å². The zero-order valence-corrected chi connectivity index (χ0v) is 18.9. The van der Waals surface area contributed by atoms with Gasteiger partial charge in [0.1, 0.15) is 0 Å². The van der Waals surface area contributed by atoms with Crippen molar-refractivity contribution in [1.82, 2.24) is 4.90 Å². The Morgan fingerprint density at radius 3 is 2.77 bits per heavy atom. The summed E-state index contributed by atoms with van der Waals surface area (Å²) in [6.45, 7) is 6.89. The third-order valence-corrected chi connectivity index (χ3v) is 7.87. The van der Waals surface area contributed by atoms with Gasteiger partial charge in [0.25, 0.3) is 0 Å².